The number of hydrogen-bond donors (Lipinski definition) is 2. The molecule has 106 valence electrons. The van der Waals surface area contributed by atoms with Gasteiger partial charge in [-0.3, -0.25) is 0 Å². The molecule has 1 aromatic carbocycles. The van der Waals surface area contributed by atoms with Gasteiger partial charge in [0.25, 0.3) is 0 Å². The maximum absolute atomic E-state index is 13.4. The number of hydrogen-bond acceptors (Lipinski definition) is 3. The second kappa shape index (κ2) is 5.73. The summed E-state index contributed by atoms with van der Waals surface area (Å²) in [5.41, 5.74) is 1.68. The molecule has 2 N–H and O–H groups in total. The molecule has 0 aliphatic heterocycles. The molecule has 0 saturated heterocycles. The van der Waals surface area contributed by atoms with Gasteiger partial charge in [0.1, 0.15) is 5.82 Å². The molecule has 1 atom stereocenters. The van der Waals surface area contributed by atoms with Gasteiger partial charge in [-0.1, -0.05) is 0 Å². The Labute approximate surface area is 116 Å². The minimum absolute atomic E-state index is 0.402. The van der Waals surface area contributed by atoms with Gasteiger partial charge in [-0.2, -0.15) is 0 Å². The Hall–Kier alpha value is -2.37. The van der Waals surface area contributed by atoms with E-state index in [0.717, 1.165) is 5.56 Å². The predicted molar refractivity (Wildman–Crippen MR) is 73.0 cm³/mol. The first-order valence-corrected chi connectivity index (χ1v) is 6.28. The number of nitrogens with one attached hydrogen (secondary N) is 1. The molecule has 0 aliphatic rings. The molecule has 0 radical (unpaired) electrons. The van der Waals surface area contributed by atoms with Crippen molar-refractivity contribution in [1.82, 2.24) is 9.55 Å². The van der Waals surface area contributed by atoms with Gasteiger partial charge in [0.2, 0.25) is 0 Å². The SMILES string of the molecule is CCn1cncc1C(Nc1cc(C)cc(F)c1)C(=O)O. The molecular formula is C14H16FN3O2. The number of benzene rings is 1. The average molecular weight is 277 g/mol. The number of aryl methyl sites for hydroxylation is 2. The van der Waals surface area contributed by atoms with E-state index < -0.39 is 17.8 Å². The van der Waals surface area contributed by atoms with Gasteiger partial charge in [0.15, 0.2) is 6.04 Å². The van der Waals surface area contributed by atoms with Crippen LogP contribution in [0.1, 0.15) is 24.2 Å². The Morgan fingerprint density at radius 3 is 2.85 bits per heavy atom. The first-order valence-electron chi connectivity index (χ1n) is 6.28. The molecule has 6 heteroatoms. The van der Waals surface area contributed by atoms with Crippen LogP contribution in [-0.2, 0) is 11.3 Å². The Morgan fingerprint density at radius 1 is 1.50 bits per heavy atom. The monoisotopic (exact) mass is 277 g/mol. The molecule has 0 bridgehead atoms. The summed E-state index contributed by atoms with van der Waals surface area (Å²) in [5.74, 6) is -1.44. The van der Waals surface area contributed by atoms with Gasteiger partial charge < -0.3 is 15.0 Å². The second-order valence-electron chi connectivity index (χ2n) is 4.54. The molecule has 1 heterocycles. The van der Waals surface area contributed by atoms with Crippen molar-refractivity contribution >= 4 is 11.7 Å². The number of halogens is 1. The van der Waals surface area contributed by atoms with E-state index in [2.05, 4.69) is 10.3 Å². The molecule has 20 heavy (non-hydrogen) atoms. The van der Waals surface area contributed by atoms with Crippen molar-refractivity contribution in [3.8, 4) is 0 Å². The van der Waals surface area contributed by atoms with Gasteiger partial charge in [-0.25, -0.2) is 14.2 Å². The minimum atomic E-state index is -1.04. The van der Waals surface area contributed by atoms with Crippen LogP contribution in [0.3, 0.4) is 0 Å². The quantitative estimate of drug-likeness (QED) is 0.881. The summed E-state index contributed by atoms with van der Waals surface area (Å²) < 4.78 is 15.1. The van der Waals surface area contributed by atoms with E-state index in [4.69, 9.17) is 0 Å². The number of aliphatic carboxylic acids is 1. The van der Waals surface area contributed by atoms with Crippen molar-refractivity contribution in [2.45, 2.75) is 26.4 Å². The molecule has 0 saturated carbocycles. The molecule has 0 fully saturated rings. The maximum Gasteiger partial charge on any atom is 0.332 e. The Morgan fingerprint density at radius 2 is 2.25 bits per heavy atom. The Balaban J connectivity index is 2.33. The summed E-state index contributed by atoms with van der Waals surface area (Å²) in [4.78, 5) is 15.4. The van der Waals surface area contributed by atoms with Gasteiger partial charge >= 0.3 is 5.97 Å². The number of carboxylic acids is 1. The molecule has 1 aromatic heterocycles. The van der Waals surface area contributed by atoms with E-state index in [-0.39, 0.29) is 0 Å². The summed E-state index contributed by atoms with van der Waals surface area (Å²) in [6, 6.07) is 3.39. The molecule has 1 unspecified atom stereocenters. The lowest BCUT2D eigenvalue weighted by atomic mass is 10.1. The Bertz CT molecular complexity index is 604. The fourth-order valence-electron chi connectivity index (χ4n) is 2.08. The van der Waals surface area contributed by atoms with Crippen molar-refractivity contribution in [1.29, 1.82) is 0 Å². The Kier molecular flexibility index (Phi) is 4.02. The third-order valence-electron chi connectivity index (χ3n) is 2.98. The van der Waals surface area contributed by atoms with Gasteiger partial charge in [0, 0.05) is 12.2 Å². The van der Waals surface area contributed by atoms with Crippen molar-refractivity contribution in [2.24, 2.45) is 0 Å². The number of carboxylic acid groups (broad SMARTS) is 1. The van der Waals surface area contributed by atoms with E-state index in [1.54, 1.807) is 23.9 Å². The molecule has 2 rings (SSSR count). The van der Waals surface area contributed by atoms with Crippen molar-refractivity contribution in [3.05, 3.63) is 47.8 Å². The van der Waals surface area contributed by atoms with Crippen LogP contribution in [0.2, 0.25) is 0 Å². The van der Waals surface area contributed by atoms with E-state index in [1.807, 2.05) is 6.92 Å². The predicted octanol–water partition coefficient (Wildman–Crippen LogP) is 2.59. The smallest absolute Gasteiger partial charge is 0.332 e. The number of rotatable bonds is 5. The van der Waals surface area contributed by atoms with E-state index in [1.165, 1.54) is 18.3 Å². The zero-order chi connectivity index (χ0) is 14.7. The van der Waals surface area contributed by atoms with Crippen molar-refractivity contribution in [2.75, 3.05) is 5.32 Å². The summed E-state index contributed by atoms with van der Waals surface area (Å²) in [6.07, 6.45) is 3.07. The van der Waals surface area contributed by atoms with Crippen LogP contribution in [0, 0.1) is 12.7 Å². The third-order valence-corrected chi connectivity index (χ3v) is 2.98. The molecule has 5 nitrogen and oxygen atoms in total. The highest BCUT2D eigenvalue weighted by molar-refractivity contribution is 5.78. The summed E-state index contributed by atoms with van der Waals surface area (Å²) in [7, 11) is 0. The zero-order valence-corrected chi connectivity index (χ0v) is 11.3. The van der Waals surface area contributed by atoms with Crippen LogP contribution in [-0.4, -0.2) is 20.6 Å². The van der Waals surface area contributed by atoms with E-state index >= 15 is 0 Å². The van der Waals surface area contributed by atoms with Gasteiger partial charge in [-0.15, -0.1) is 0 Å². The molecular weight excluding hydrogens is 261 g/mol. The molecule has 0 spiro atoms. The average Bonchev–Trinajstić information content (AvgIpc) is 2.82. The standard InChI is InChI=1S/C14H16FN3O2/c1-3-18-8-16-7-12(18)13(14(19)20)17-11-5-9(2)4-10(15)6-11/h4-8,13,17H,3H2,1-2H3,(H,19,20). The van der Waals surface area contributed by atoms with Crippen molar-refractivity contribution in [3.63, 3.8) is 0 Å². The van der Waals surface area contributed by atoms with E-state index in [9.17, 15) is 14.3 Å². The lowest BCUT2D eigenvalue weighted by molar-refractivity contribution is -0.138. The van der Waals surface area contributed by atoms with Crippen LogP contribution >= 0.6 is 0 Å². The molecule has 0 aliphatic carbocycles. The zero-order valence-electron chi connectivity index (χ0n) is 11.3. The summed E-state index contributed by atoms with van der Waals surface area (Å²) in [6.45, 7) is 4.26. The fraction of sp³-hybridized carbons (Fsp3) is 0.286. The second-order valence-corrected chi connectivity index (χ2v) is 4.54. The summed E-state index contributed by atoms with van der Waals surface area (Å²) >= 11 is 0. The van der Waals surface area contributed by atoms with Crippen LogP contribution in [0.5, 0.6) is 0 Å². The first-order chi connectivity index (χ1) is 9.51. The summed E-state index contributed by atoms with van der Waals surface area (Å²) in [5, 5.41) is 12.2. The topological polar surface area (TPSA) is 67.2 Å². The van der Waals surface area contributed by atoms with Crippen LogP contribution in [0.15, 0.2) is 30.7 Å². The largest absolute Gasteiger partial charge is 0.479 e. The number of anilines is 1. The minimum Gasteiger partial charge on any atom is -0.479 e. The third kappa shape index (κ3) is 2.96. The lowest BCUT2D eigenvalue weighted by Crippen LogP contribution is -2.23. The number of carbonyl (C=O) groups is 1. The maximum atomic E-state index is 13.4. The highest BCUT2D eigenvalue weighted by atomic mass is 19.1. The highest BCUT2D eigenvalue weighted by Gasteiger charge is 2.23. The fourth-order valence-corrected chi connectivity index (χ4v) is 2.08. The van der Waals surface area contributed by atoms with Gasteiger partial charge in [0.05, 0.1) is 18.2 Å². The number of imidazole rings is 1. The normalized spacial score (nSPS) is 12.2. The van der Waals surface area contributed by atoms with Crippen LogP contribution in [0.4, 0.5) is 10.1 Å². The van der Waals surface area contributed by atoms with E-state index in [0.29, 0.717) is 17.9 Å². The molecule has 2 aromatic rings. The van der Waals surface area contributed by atoms with Crippen LogP contribution < -0.4 is 5.32 Å². The number of nitrogens with zero attached hydrogens (tertiary/aromatic N) is 2. The lowest BCUT2D eigenvalue weighted by Gasteiger charge is -2.17. The number of aromatic nitrogens is 2. The van der Waals surface area contributed by atoms with Gasteiger partial charge in [-0.05, 0) is 37.6 Å². The molecule has 0 amide bonds. The highest BCUT2D eigenvalue weighted by Crippen LogP contribution is 2.21. The first kappa shape index (κ1) is 14.0. The van der Waals surface area contributed by atoms with Crippen molar-refractivity contribution < 1.29 is 14.3 Å². The van der Waals surface area contributed by atoms with Crippen LogP contribution in [0.25, 0.3) is 0 Å².